The number of thioether (sulfide) groups is 2. The van der Waals surface area contributed by atoms with E-state index in [2.05, 4.69) is 72.4 Å². The van der Waals surface area contributed by atoms with Crippen molar-refractivity contribution in [3.63, 3.8) is 0 Å². The molecule has 0 amide bonds. The molecule has 2 aromatic carbocycles. The van der Waals surface area contributed by atoms with Crippen molar-refractivity contribution in [1.82, 2.24) is 0 Å². The summed E-state index contributed by atoms with van der Waals surface area (Å²) in [6, 6.07) is 21.6. The number of nitrogens with two attached hydrogens (primary N) is 2. The molecule has 2 heterocycles. The molecule has 28 heavy (non-hydrogen) atoms. The maximum absolute atomic E-state index is 5.68. The number of rotatable bonds is 4. The first kappa shape index (κ1) is 20.8. The molecular formula is C22H28N4S2. The Morgan fingerprint density at radius 3 is 1.32 bits per heavy atom. The Balaban J connectivity index is 0.000000161. The predicted octanol–water partition coefficient (Wildman–Crippen LogP) is 4.10. The van der Waals surface area contributed by atoms with Gasteiger partial charge in [-0.2, -0.15) is 0 Å². The van der Waals surface area contributed by atoms with Gasteiger partial charge in [0.2, 0.25) is 0 Å². The molecule has 0 bridgehead atoms. The van der Waals surface area contributed by atoms with Crippen LogP contribution in [0.4, 0.5) is 0 Å². The van der Waals surface area contributed by atoms with Crippen molar-refractivity contribution < 1.29 is 0 Å². The van der Waals surface area contributed by atoms with Gasteiger partial charge in [-0.15, -0.1) is 0 Å². The minimum Gasteiger partial charge on any atom is -0.379 e. The Morgan fingerprint density at radius 1 is 0.679 bits per heavy atom. The van der Waals surface area contributed by atoms with Gasteiger partial charge in [-0.05, 0) is 24.0 Å². The third-order valence-electron chi connectivity index (χ3n) is 4.86. The van der Waals surface area contributed by atoms with Crippen LogP contribution in [0.3, 0.4) is 0 Å². The van der Waals surface area contributed by atoms with Gasteiger partial charge in [-0.1, -0.05) is 98.0 Å². The fourth-order valence-electron chi connectivity index (χ4n) is 3.27. The van der Waals surface area contributed by atoms with Gasteiger partial charge in [0, 0.05) is 10.5 Å². The van der Waals surface area contributed by atoms with Crippen LogP contribution in [0.5, 0.6) is 0 Å². The van der Waals surface area contributed by atoms with E-state index in [9.17, 15) is 0 Å². The van der Waals surface area contributed by atoms with Gasteiger partial charge < -0.3 is 11.5 Å². The minimum absolute atomic E-state index is 0.349. The van der Waals surface area contributed by atoms with E-state index >= 15 is 0 Å². The van der Waals surface area contributed by atoms with Crippen LogP contribution in [-0.4, -0.2) is 32.9 Å². The number of amidine groups is 2. The van der Waals surface area contributed by atoms with Crippen molar-refractivity contribution in [2.24, 2.45) is 21.5 Å². The fourth-order valence-corrected chi connectivity index (χ4v) is 5.05. The molecule has 0 aromatic heterocycles. The molecule has 148 valence electrons. The monoisotopic (exact) mass is 412 g/mol. The first-order chi connectivity index (χ1) is 13.5. The summed E-state index contributed by atoms with van der Waals surface area (Å²) in [7, 11) is 0. The molecule has 2 aliphatic rings. The molecule has 4 rings (SSSR count). The molecule has 0 aliphatic carbocycles. The van der Waals surface area contributed by atoms with Crippen LogP contribution in [0.1, 0.15) is 25.0 Å². The minimum atomic E-state index is 0.349. The van der Waals surface area contributed by atoms with Crippen molar-refractivity contribution in [3.8, 4) is 0 Å². The van der Waals surface area contributed by atoms with E-state index in [4.69, 9.17) is 11.5 Å². The quantitative estimate of drug-likeness (QED) is 0.793. The second-order valence-corrected chi connectivity index (χ2v) is 9.89. The molecule has 0 fully saturated rings. The van der Waals surface area contributed by atoms with E-state index in [1.807, 2.05) is 12.1 Å². The molecule has 0 spiro atoms. The third-order valence-corrected chi connectivity index (χ3v) is 6.92. The van der Waals surface area contributed by atoms with Gasteiger partial charge in [0.1, 0.15) is 0 Å². The van der Waals surface area contributed by atoms with Crippen molar-refractivity contribution in [2.75, 3.05) is 0 Å². The largest absolute Gasteiger partial charge is 0.379 e. The molecule has 2 aliphatic heterocycles. The van der Waals surface area contributed by atoms with Gasteiger partial charge >= 0.3 is 0 Å². The van der Waals surface area contributed by atoms with Gasteiger partial charge in [-0.3, -0.25) is 9.98 Å². The first-order valence-corrected chi connectivity index (χ1v) is 11.3. The van der Waals surface area contributed by atoms with E-state index in [1.165, 1.54) is 11.1 Å². The first-order valence-electron chi connectivity index (χ1n) is 9.59. The Bertz CT molecular complexity index is 738. The number of nitrogens with zero attached hydrogens (tertiary/aromatic N) is 2. The number of benzene rings is 2. The Labute approximate surface area is 176 Å². The predicted molar refractivity (Wildman–Crippen MR) is 125 cm³/mol. The Morgan fingerprint density at radius 2 is 1.04 bits per heavy atom. The highest BCUT2D eigenvalue weighted by Crippen LogP contribution is 2.27. The Kier molecular flexibility index (Phi) is 7.45. The van der Waals surface area contributed by atoms with Gasteiger partial charge in [0.25, 0.3) is 0 Å². The molecule has 0 unspecified atom stereocenters. The molecule has 0 saturated carbocycles. The van der Waals surface area contributed by atoms with E-state index in [-0.39, 0.29) is 0 Å². The van der Waals surface area contributed by atoms with Crippen LogP contribution in [-0.2, 0) is 12.8 Å². The zero-order valence-corrected chi connectivity index (χ0v) is 18.0. The van der Waals surface area contributed by atoms with E-state index in [1.54, 1.807) is 23.5 Å². The second-order valence-electron chi connectivity index (χ2n) is 7.09. The van der Waals surface area contributed by atoms with E-state index in [0.29, 0.717) is 22.6 Å². The summed E-state index contributed by atoms with van der Waals surface area (Å²) in [5.74, 6) is 0. The summed E-state index contributed by atoms with van der Waals surface area (Å²) in [4.78, 5) is 8.84. The average Bonchev–Trinajstić information content (AvgIpc) is 3.17. The van der Waals surface area contributed by atoms with Crippen molar-refractivity contribution in [2.45, 2.75) is 49.3 Å². The van der Waals surface area contributed by atoms with Crippen LogP contribution in [0.15, 0.2) is 70.6 Å². The van der Waals surface area contributed by atoms with Crippen molar-refractivity contribution in [1.29, 1.82) is 0 Å². The number of hydrogen-bond acceptors (Lipinski definition) is 6. The highest BCUT2D eigenvalue weighted by molar-refractivity contribution is 8.14. The van der Waals surface area contributed by atoms with Crippen LogP contribution in [0.25, 0.3) is 0 Å². The SMILES string of the molecule is C[C@@H]1SC(N)=N[C@@H]1Cc1ccccc1.C[C@H]1SC(N)=N[C@@H]1Cc1ccccc1. The van der Waals surface area contributed by atoms with Crippen molar-refractivity contribution in [3.05, 3.63) is 71.8 Å². The smallest absolute Gasteiger partial charge is 0.154 e. The van der Waals surface area contributed by atoms with Crippen LogP contribution >= 0.6 is 23.5 Å². The summed E-state index contributed by atoms with van der Waals surface area (Å²) in [5, 5.41) is 2.49. The molecule has 4 nitrogen and oxygen atoms in total. The van der Waals surface area contributed by atoms with E-state index in [0.717, 1.165) is 23.2 Å². The second kappa shape index (κ2) is 10.0. The highest BCUT2D eigenvalue weighted by atomic mass is 32.2. The average molecular weight is 413 g/mol. The molecule has 6 heteroatoms. The summed E-state index contributed by atoms with van der Waals surface area (Å²) in [5.41, 5.74) is 14.0. The normalized spacial score (nSPS) is 26.2. The molecule has 4 atom stereocenters. The van der Waals surface area contributed by atoms with Gasteiger partial charge in [-0.25, -0.2) is 0 Å². The lowest BCUT2D eigenvalue weighted by molar-refractivity contribution is 0.675. The highest BCUT2D eigenvalue weighted by Gasteiger charge is 2.25. The summed E-state index contributed by atoms with van der Waals surface area (Å²) in [6.45, 7) is 4.36. The summed E-state index contributed by atoms with van der Waals surface area (Å²) in [6.07, 6.45) is 1.99. The topological polar surface area (TPSA) is 76.8 Å². The molecule has 0 saturated heterocycles. The standard InChI is InChI=1S/2C11H14N2S/c2*1-8-10(13-11(12)14-8)7-9-5-3-2-4-6-9/h2*2-6,8,10H,7H2,1H3,(H2,12,13)/t8-,10+;8-,10-/m01/s1. The lowest BCUT2D eigenvalue weighted by atomic mass is 10.0. The third kappa shape index (κ3) is 6.04. The fraction of sp³-hybridized carbons (Fsp3) is 0.364. The lowest BCUT2D eigenvalue weighted by Gasteiger charge is -2.11. The van der Waals surface area contributed by atoms with E-state index < -0.39 is 0 Å². The van der Waals surface area contributed by atoms with Crippen LogP contribution in [0, 0.1) is 0 Å². The maximum Gasteiger partial charge on any atom is 0.154 e. The zero-order valence-electron chi connectivity index (χ0n) is 16.4. The van der Waals surface area contributed by atoms with Crippen LogP contribution in [0.2, 0.25) is 0 Å². The van der Waals surface area contributed by atoms with Crippen LogP contribution < -0.4 is 11.5 Å². The van der Waals surface area contributed by atoms with Gasteiger partial charge in [0.15, 0.2) is 10.3 Å². The Hall–Kier alpha value is -1.92. The maximum atomic E-state index is 5.68. The number of hydrogen-bond donors (Lipinski definition) is 2. The summed E-state index contributed by atoms with van der Waals surface area (Å²) >= 11 is 3.35. The molecule has 2 aromatic rings. The molecule has 0 radical (unpaired) electrons. The molecule has 4 N–H and O–H groups in total. The van der Waals surface area contributed by atoms with Crippen molar-refractivity contribution >= 4 is 33.9 Å². The molecular weight excluding hydrogens is 384 g/mol. The summed E-state index contributed by atoms with van der Waals surface area (Å²) < 4.78 is 0. The number of aliphatic imine (C=N–C) groups is 2. The van der Waals surface area contributed by atoms with Gasteiger partial charge in [0.05, 0.1) is 12.1 Å². The zero-order chi connectivity index (χ0) is 19.9. The lowest BCUT2D eigenvalue weighted by Crippen LogP contribution is -2.16.